The minimum Gasteiger partial charge on any atom is -0.310 e. The summed E-state index contributed by atoms with van der Waals surface area (Å²) in [6.45, 7) is 2.09. The molecule has 0 unspecified atom stereocenters. The lowest BCUT2D eigenvalue weighted by molar-refractivity contribution is 0.627. The molecule has 0 atom stereocenters. The van der Waals surface area contributed by atoms with Gasteiger partial charge in [-0.2, -0.15) is 5.26 Å². The van der Waals surface area contributed by atoms with Crippen molar-refractivity contribution in [3.63, 3.8) is 0 Å². The van der Waals surface area contributed by atoms with Crippen LogP contribution in [0, 0.1) is 24.1 Å². The maximum Gasteiger partial charge on any atom is 0.179 e. The Morgan fingerprint density at radius 1 is 0.491 bits per heavy atom. The van der Waals surface area contributed by atoms with E-state index in [1.165, 1.54) is 38.4 Å². The number of nitriles is 1. The molecular formula is C50H36FN3Si. The van der Waals surface area contributed by atoms with E-state index in [1.54, 1.807) is 0 Å². The minimum absolute atomic E-state index is 0.269. The summed E-state index contributed by atoms with van der Waals surface area (Å²) in [5, 5.41) is 17.0. The Morgan fingerprint density at radius 2 is 0.964 bits per heavy atom. The van der Waals surface area contributed by atoms with Crippen molar-refractivity contribution in [1.82, 2.24) is 4.57 Å². The number of aryl methyl sites for hydroxylation is 1. The molecule has 1 heterocycles. The Hall–Kier alpha value is -7.00. The fraction of sp³-hybridized carbons (Fsp3) is 0.0200. The summed E-state index contributed by atoms with van der Waals surface area (Å²) in [5.41, 5.74) is 7.70. The van der Waals surface area contributed by atoms with Crippen molar-refractivity contribution in [2.24, 2.45) is 0 Å². The highest BCUT2D eigenvalue weighted by atomic mass is 28.3. The zero-order valence-electron chi connectivity index (χ0n) is 30.3. The van der Waals surface area contributed by atoms with Crippen molar-refractivity contribution < 1.29 is 4.39 Å². The van der Waals surface area contributed by atoms with E-state index in [0.29, 0.717) is 5.56 Å². The van der Waals surface area contributed by atoms with Crippen LogP contribution < -0.4 is 25.6 Å². The van der Waals surface area contributed by atoms with Crippen LogP contribution in [0.15, 0.2) is 200 Å². The summed E-state index contributed by atoms with van der Waals surface area (Å²) < 4.78 is 16.6. The van der Waals surface area contributed by atoms with Crippen molar-refractivity contribution in [1.29, 1.82) is 5.26 Å². The van der Waals surface area contributed by atoms with Crippen LogP contribution in [0.1, 0.15) is 11.1 Å². The first-order valence-corrected chi connectivity index (χ1v) is 20.4. The highest BCUT2D eigenvalue weighted by Gasteiger charge is 2.41. The molecule has 0 aliphatic carbocycles. The largest absolute Gasteiger partial charge is 0.310 e. The Morgan fingerprint density at radius 3 is 1.49 bits per heavy atom. The van der Waals surface area contributed by atoms with Gasteiger partial charge in [-0.25, -0.2) is 4.39 Å². The first-order chi connectivity index (χ1) is 27.0. The standard InChI is InChI=1S/C50H36FN3Si/c1-36-17-23-39(24-18-36)53(40-25-19-37(35-52)20-26-40)42-29-31-49-47(33-42)48-34-46(30-32-50(48)54(49)41-27-21-38(51)22-28-41)55(43-11-5-2-6-12-43,44-13-7-3-8-14-44)45-15-9-4-10-16-45/h2-34H,1H3. The van der Waals surface area contributed by atoms with E-state index in [-0.39, 0.29) is 5.82 Å². The van der Waals surface area contributed by atoms with Gasteiger partial charge < -0.3 is 9.47 Å². The van der Waals surface area contributed by atoms with E-state index in [0.717, 1.165) is 44.6 Å². The first-order valence-electron chi connectivity index (χ1n) is 18.4. The average Bonchev–Trinajstić information content (AvgIpc) is 3.57. The number of anilines is 3. The van der Waals surface area contributed by atoms with Crippen molar-refractivity contribution in [3.05, 3.63) is 217 Å². The molecule has 0 saturated heterocycles. The van der Waals surface area contributed by atoms with Crippen LogP contribution in [-0.2, 0) is 0 Å². The molecule has 0 aliphatic rings. The smallest absolute Gasteiger partial charge is 0.179 e. The summed E-state index contributed by atoms with van der Waals surface area (Å²) in [5.74, 6) is -0.269. The molecule has 0 spiro atoms. The Kier molecular flexibility index (Phi) is 8.66. The van der Waals surface area contributed by atoms with Gasteiger partial charge in [0.05, 0.1) is 22.7 Å². The number of halogens is 1. The van der Waals surface area contributed by atoms with Crippen molar-refractivity contribution in [2.45, 2.75) is 6.92 Å². The zero-order valence-corrected chi connectivity index (χ0v) is 31.3. The highest BCUT2D eigenvalue weighted by molar-refractivity contribution is 7.20. The van der Waals surface area contributed by atoms with Crippen LogP contribution in [0.5, 0.6) is 0 Å². The third kappa shape index (κ3) is 5.90. The maximum atomic E-state index is 14.3. The molecule has 9 aromatic rings. The van der Waals surface area contributed by atoms with Crippen molar-refractivity contribution in [3.8, 4) is 11.8 Å². The minimum atomic E-state index is -2.83. The van der Waals surface area contributed by atoms with Crippen LogP contribution in [0.2, 0.25) is 0 Å². The van der Waals surface area contributed by atoms with Gasteiger partial charge in [0.25, 0.3) is 0 Å². The molecule has 9 rings (SSSR count). The van der Waals surface area contributed by atoms with Gasteiger partial charge in [0.1, 0.15) is 5.82 Å². The lowest BCUT2D eigenvalue weighted by Gasteiger charge is -2.34. The van der Waals surface area contributed by atoms with E-state index < -0.39 is 8.07 Å². The quantitative estimate of drug-likeness (QED) is 0.115. The molecule has 0 saturated carbocycles. The predicted molar refractivity (Wildman–Crippen MR) is 228 cm³/mol. The van der Waals surface area contributed by atoms with Gasteiger partial charge in [-0.3, -0.25) is 0 Å². The van der Waals surface area contributed by atoms with Gasteiger partial charge in [-0.05, 0) is 113 Å². The molecule has 0 radical (unpaired) electrons. The maximum absolute atomic E-state index is 14.3. The van der Waals surface area contributed by atoms with Crippen LogP contribution in [0.25, 0.3) is 27.5 Å². The molecule has 5 heteroatoms. The van der Waals surface area contributed by atoms with E-state index >= 15 is 0 Å². The number of aromatic nitrogens is 1. The van der Waals surface area contributed by atoms with Gasteiger partial charge in [0.15, 0.2) is 8.07 Å². The van der Waals surface area contributed by atoms with E-state index in [9.17, 15) is 9.65 Å². The van der Waals surface area contributed by atoms with Gasteiger partial charge in [0, 0.05) is 33.5 Å². The molecule has 0 aliphatic heterocycles. The second-order valence-electron chi connectivity index (χ2n) is 13.9. The normalized spacial score (nSPS) is 11.4. The Bertz CT molecular complexity index is 2710. The number of hydrogen-bond acceptors (Lipinski definition) is 2. The molecular weight excluding hydrogens is 690 g/mol. The summed E-state index contributed by atoms with van der Waals surface area (Å²) in [6, 6.07) is 71.7. The van der Waals surface area contributed by atoms with Gasteiger partial charge in [-0.15, -0.1) is 0 Å². The van der Waals surface area contributed by atoms with Crippen LogP contribution in [-0.4, -0.2) is 12.6 Å². The van der Waals surface area contributed by atoms with Crippen molar-refractivity contribution >= 4 is 67.7 Å². The summed E-state index contributed by atoms with van der Waals surface area (Å²) in [7, 11) is -2.83. The second kappa shape index (κ2) is 14.1. The molecule has 1 aromatic heterocycles. The van der Waals surface area contributed by atoms with Gasteiger partial charge in [0.2, 0.25) is 0 Å². The fourth-order valence-corrected chi connectivity index (χ4v) is 12.9. The number of rotatable bonds is 8. The lowest BCUT2D eigenvalue weighted by atomic mass is 10.1. The third-order valence-electron chi connectivity index (χ3n) is 10.7. The molecule has 55 heavy (non-hydrogen) atoms. The molecule has 0 N–H and O–H groups in total. The topological polar surface area (TPSA) is 32.0 Å². The third-order valence-corrected chi connectivity index (χ3v) is 15.5. The second-order valence-corrected chi connectivity index (χ2v) is 17.7. The number of fused-ring (bicyclic) bond motifs is 3. The summed E-state index contributed by atoms with van der Waals surface area (Å²) in [6.07, 6.45) is 0. The van der Waals surface area contributed by atoms with Gasteiger partial charge >= 0.3 is 0 Å². The average molecular weight is 726 g/mol. The van der Waals surface area contributed by atoms with Crippen molar-refractivity contribution in [2.75, 3.05) is 4.90 Å². The number of nitrogens with zero attached hydrogens (tertiary/aromatic N) is 3. The Balaban J connectivity index is 1.36. The fourth-order valence-electron chi connectivity index (χ4n) is 8.14. The molecule has 0 bridgehead atoms. The summed E-state index contributed by atoms with van der Waals surface area (Å²) >= 11 is 0. The van der Waals surface area contributed by atoms with Crippen LogP contribution in [0.4, 0.5) is 21.5 Å². The summed E-state index contributed by atoms with van der Waals surface area (Å²) in [4.78, 5) is 2.24. The molecule has 3 nitrogen and oxygen atoms in total. The molecule has 0 fully saturated rings. The zero-order chi connectivity index (χ0) is 37.4. The first kappa shape index (κ1) is 33.8. The van der Waals surface area contributed by atoms with E-state index in [1.807, 2.05) is 36.4 Å². The number of hydrogen-bond donors (Lipinski definition) is 0. The molecule has 8 aromatic carbocycles. The predicted octanol–water partition coefficient (Wildman–Crippen LogP) is 9.95. The lowest BCUT2D eigenvalue weighted by Crippen LogP contribution is -2.74. The van der Waals surface area contributed by atoms with E-state index in [2.05, 4.69) is 174 Å². The van der Waals surface area contributed by atoms with Crippen LogP contribution in [0.3, 0.4) is 0 Å². The number of benzene rings is 8. The Labute approximate surface area is 321 Å². The monoisotopic (exact) mass is 725 g/mol. The molecule has 262 valence electrons. The molecule has 0 amide bonds. The highest BCUT2D eigenvalue weighted by Crippen LogP contribution is 2.40. The van der Waals surface area contributed by atoms with Crippen LogP contribution >= 0.6 is 0 Å². The van der Waals surface area contributed by atoms with E-state index in [4.69, 9.17) is 0 Å². The van der Waals surface area contributed by atoms with Gasteiger partial charge in [-0.1, -0.05) is 121 Å². The SMILES string of the molecule is Cc1ccc(N(c2ccc(C#N)cc2)c2ccc3c(c2)c2cc([Si](c4ccccc4)(c4ccccc4)c4ccccc4)ccc2n3-c2ccc(F)cc2)cc1.